The molecule has 0 spiro atoms. The Hall–Kier alpha value is -0.325. The van der Waals surface area contributed by atoms with Gasteiger partial charge in [0.15, 0.2) is 0 Å². The lowest BCUT2D eigenvalue weighted by atomic mass is 9.82. The summed E-state index contributed by atoms with van der Waals surface area (Å²) < 4.78 is 14.7. The molecule has 0 N–H and O–H groups in total. The first kappa shape index (κ1) is 13.1. The summed E-state index contributed by atoms with van der Waals surface area (Å²) in [5.74, 6) is 0. The summed E-state index contributed by atoms with van der Waals surface area (Å²) >= 11 is 3.43. The quantitative estimate of drug-likeness (QED) is 0.742. The van der Waals surface area contributed by atoms with Gasteiger partial charge in [0.2, 0.25) is 0 Å². The van der Waals surface area contributed by atoms with E-state index in [4.69, 9.17) is 9.31 Å². The molecule has 2 heterocycles. The van der Waals surface area contributed by atoms with E-state index in [9.17, 15) is 0 Å². The fourth-order valence-corrected chi connectivity index (χ4v) is 2.33. The van der Waals surface area contributed by atoms with Gasteiger partial charge in [-0.1, -0.05) is 0 Å². The first-order valence-corrected chi connectivity index (χ1v) is 6.49. The molecule has 0 saturated carbocycles. The van der Waals surface area contributed by atoms with Crippen LogP contribution in [0.2, 0.25) is 0 Å². The smallest absolute Gasteiger partial charge is 0.398 e. The molecule has 1 aliphatic rings. The molecule has 1 aromatic rings. The molecular weight excluding hydrogens is 283 g/mol. The maximum Gasteiger partial charge on any atom is 0.514 e. The molecule has 6 heteroatoms. The van der Waals surface area contributed by atoms with Gasteiger partial charge in [-0.05, 0) is 50.5 Å². The van der Waals surface area contributed by atoms with E-state index in [1.807, 2.05) is 46.3 Å². The van der Waals surface area contributed by atoms with Crippen molar-refractivity contribution < 1.29 is 9.31 Å². The summed E-state index contributed by atoms with van der Waals surface area (Å²) in [5, 5.41) is 4.32. The van der Waals surface area contributed by atoms with Gasteiger partial charge in [0, 0.05) is 12.6 Å². The van der Waals surface area contributed by atoms with Crippen molar-refractivity contribution in [1.82, 2.24) is 9.78 Å². The van der Waals surface area contributed by atoms with Gasteiger partial charge in [-0.2, -0.15) is 5.10 Å². The van der Waals surface area contributed by atoms with Gasteiger partial charge in [-0.25, -0.2) is 0 Å². The summed E-state index contributed by atoms with van der Waals surface area (Å²) in [5.41, 5.74) is 1.39. The molecule has 94 valence electrons. The van der Waals surface area contributed by atoms with E-state index in [2.05, 4.69) is 21.0 Å². The molecule has 0 amide bonds. The van der Waals surface area contributed by atoms with Gasteiger partial charge >= 0.3 is 7.12 Å². The summed E-state index contributed by atoms with van der Waals surface area (Å²) in [6, 6.07) is 0. The van der Waals surface area contributed by atoms with Crippen LogP contribution in [0.15, 0.2) is 4.60 Å². The maximum atomic E-state index is 6.02. The predicted octanol–water partition coefficient (Wildman–Crippen LogP) is 1.79. The topological polar surface area (TPSA) is 36.3 Å². The first-order valence-electron chi connectivity index (χ1n) is 5.70. The van der Waals surface area contributed by atoms with Gasteiger partial charge in [0.05, 0.1) is 16.8 Å². The van der Waals surface area contributed by atoms with Crippen molar-refractivity contribution in [2.75, 3.05) is 0 Å². The second-order valence-corrected chi connectivity index (χ2v) is 6.26. The molecule has 1 aliphatic heterocycles. The summed E-state index contributed by atoms with van der Waals surface area (Å²) in [6.07, 6.45) is 0. The second kappa shape index (κ2) is 3.83. The maximum absolute atomic E-state index is 6.02. The highest BCUT2D eigenvalue weighted by atomic mass is 79.9. The summed E-state index contributed by atoms with van der Waals surface area (Å²) in [6.45, 7) is 10.2. The van der Waals surface area contributed by atoms with Crippen molar-refractivity contribution in [3.63, 3.8) is 0 Å². The van der Waals surface area contributed by atoms with Crippen LogP contribution in [-0.2, 0) is 16.4 Å². The van der Waals surface area contributed by atoms with Crippen LogP contribution < -0.4 is 5.59 Å². The summed E-state index contributed by atoms with van der Waals surface area (Å²) in [4.78, 5) is 0. The number of nitrogens with zero attached hydrogens (tertiary/aromatic N) is 2. The van der Waals surface area contributed by atoms with Gasteiger partial charge < -0.3 is 9.31 Å². The van der Waals surface area contributed by atoms with E-state index < -0.39 is 0 Å². The van der Waals surface area contributed by atoms with Crippen molar-refractivity contribution >= 4 is 28.6 Å². The average Bonchev–Trinajstić information content (AvgIpc) is 2.49. The van der Waals surface area contributed by atoms with Crippen molar-refractivity contribution in [3.8, 4) is 0 Å². The van der Waals surface area contributed by atoms with Crippen molar-refractivity contribution in [3.05, 3.63) is 10.2 Å². The van der Waals surface area contributed by atoms with Crippen LogP contribution in [0.5, 0.6) is 0 Å². The predicted molar refractivity (Wildman–Crippen MR) is 71.4 cm³/mol. The average molecular weight is 301 g/mol. The van der Waals surface area contributed by atoms with Crippen molar-refractivity contribution in [2.45, 2.75) is 45.8 Å². The van der Waals surface area contributed by atoms with Gasteiger partial charge in [-0.3, -0.25) is 4.68 Å². The molecule has 0 unspecified atom stereocenters. The van der Waals surface area contributed by atoms with Crippen LogP contribution in [0.4, 0.5) is 0 Å². The number of hydrogen-bond donors (Lipinski definition) is 0. The van der Waals surface area contributed by atoms with Crippen molar-refractivity contribution in [2.24, 2.45) is 7.05 Å². The van der Waals surface area contributed by atoms with E-state index >= 15 is 0 Å². The second-order valence-electron chi connectivity index (χ2n) is 5.51. The minimum atomic E-state index is -0.358. The van der Waals surface area contributed by atoms with E-state index in [-0.39, 0.29) is 18.3 Å². The molecule has 17 heavy (non-hydrogen) atoms. The standard InChI is InChI=1S/C11H18BBrN2O2/c1-7-8(15(6)14-9(7)13)12-16-10(2,3)11(4,5)17-12/h1-6H3. The molecule has 0 aliphatic carbocycles. The third-order valence-electron chi connectivity index (χ3n) is 3.76. The number of halogens is 1. The Bertz CT molecular complexity index is 441. The Kier molecular flexibility index (Phi) is 2.96. The Morgan fingerprint density at radius 2 is 1.65 bits per heavy atom. The van der Waals surface area contributed by atoms with Gasteiger partial charge in [0.1, 0.15) is 4.60 Å². The largest absolute Gasteiger partial charge is 0.514 e. The van der Waals surface area contributed by atoms with Crippen LogP contribution in [0, 0.1) is 6.92 Å². The molecule has 0 atom stereocenters. The van der Waals surface area contributed by atoms with E-state index in [1.165, 1.54) is 0 Å². The zero-order valence-electron chi connectivity index (χ0n) is 11.2. The lowest BCUT2D eigenvalue weighted by molar-refractivity contribution is 0.00578. The lowest BCUT2D eigenvalue weighted by Crippen LogP contribution is -2.41. The number of aromatic nitrogens is 2. The van der Waals surface area contributed by atoms with Crippen LogP contribution >= 0.6 is 15.9 Å². The third kappa shape index (κ3) is 1.96. The molecular formula is C11H18BBrN2O2. The van der Waals surface area contributed by atoms with Crippen LogP contribution in [0.1, 0.15) is 33.3 Å². The molecule has 0 bridgehead atoms. The highest BCUT2D eigenvalue weighted by Gasteiger charge is 2.53. The Balaban J connectivity index is 2.39. The molecule has 1 saturated heterocycles. The molecule has 1 fully saturated rings. The number of rotatable bonds is 1. The number of hydrogen-bond acceptors (Lipinski definition) is 3. The minimum absolute atomic E-state index is 0.319. The Morgan fingerprint density at radius 1 is 1.18 bits per heavy atom. The third-order valence-corrected chi connectivity index (χ3v) is 4.51. The zero-order valence-corrected chi connectivity index (χ0v) is 12.8. The van der Waals surface area contributed by atoms with E-state index in [0.717, 1.165) is 15.8 Å². The fraction of sp³-hybridized carbons (Fsp3) is 0.727. The van der Waals surface area contributed by atoms with E-state index in [0.29, 0.717) is 0 Å². The van der Waals surface area contributed by atoms with Crippen LogP contribution in [0.25, 0.3) is 0 Å². The Labute approximate surface area is 111 Å². The Morgan fingerprint density at radius 3 is 2.00 bits per heavy atom. The molecule has 2 rings (SSSR count). The SMILES string of the molecule is Cc1c(Br)nn(C)c1B1OC(C)(C)C(C)(C)O1. The molecule has 0 radical (unpaired) electrons. The highest BCUT2D eigenvalue weighted by molar-refractivity contribution is 9.10. The molecule has 4 nitrogen and oxygen atoms in total. The fourth-order valence-electron chi connectivity index (χ4n) is 1.89. The first-order chi connectivity index (χ1) is 7.66. The molecule has 0 aromatic carbocycles. The van der Waals surface area contributed by atoms with Gasteiger partial charge in [-0.15, -0.1) is 0 Å². The van der Waals surface area contributed by atoms with Crippen LogP contribution in [0.3, 0.4) is 0 Å². The minimum Gasteiger partial charge on any atom is -0.398 e. The number of aryl methyl sites for hydroxylation is 1. The summed E-state index contributed by atoms with van der Waals surface area (Å²) in [7, 11) is 1.54. The van der Waals surface area contributed by atoms with Gasteiger partial charge in [0.25, 0.3) is 0 Å². The monoisotopic (exact) mass is 300 g/mol. The zero-order chi connectivity index (χ0) is 13.0. The van der Waals surface area contributed by atoms with E-state index in [1.54, 1.807) is 0 Å². The lowest BCUT2D eigenvalue weighted by Gasteiger charge is -2.32. The van der Waals surface area contributed by atoms with Crippen LogP contribution in [-0.4, -0.2) is 28.1 Å². The molecule has 1 aromatic heterocycles. The highest BCUT2D eigenvalue weighted by Crippen LogP contribution is 2.36. The normalized spacial score (nSPS) is 22.2. The van der Waals surface area contributed by atoms with Crippen molar-refractivity contribution in [1.29, 1.82) is 0 Å².